The number of rotatable bonds is 8. The summed E-state index contributed by atoms with van der Waals surface area (Å²) < 4.78 is 0. The van der Waals surface area contributed by atoms with E-state index in [1.165, 1.54) is 15.3 Å². The van der Waals surface area contributed by atoms with Crippen LogP contribution in [0.2, 0.25) is 0 Å². The number of carbonyl (C=O) groups excluding carboxylic acids is 1. The van der Waals surface area contributed by atoms with Crippen molar-refractivity contribution < 1.29 is 4.79 Å². The van der Waals surface area contributed by atoms with Gasteiger partial charge in [-0.15, -0.1) is 34.4 Å². The molecule has 0 bridgehead atoms. The van der Waals surface area contributed by atoms with Gasteiger partial charge in [-0.3, -0.25) is 4.79 Å². The number of hydrogen-bond acceptors (Lipinski definition) is 6. The Morgan fingerprint density at radius 1 is 1.14 bits per heavy atom. The first-order valence-corrected chi connectivity index (χ1v) is 12.8. The van der Waals surface area contributed by atoms with Gasteiger partial charge in [-0.25, -0.2) is 4.98 Å². The lowest BCUT2D eigenvalue weighted by molar-refractivity contribution is 0.0951. The summed E-state index contributed by atoms with van der Waals surface area (Å²) in [4.78, 5) is 20.7. The Morgan fingerprint density at radius 3 is 2.83 bits per heavy atom. The fourth-order valence-corrected chi connectivity index (χ4v) is 6.26. The predicted octanol–water partition coefficient (Wildman–Crippen LogP) is 6.51. The molecule has 1 aromatic carbocycles. The molecule has 0 aliphatic heterocycles. The van der Waals surface area contributed by atoms with Crippen LogP contribution < -0.4 is 5.32 Å². The quantitative estimate of drug-likeness (QED) is 0.307. The first-order valence-electron chi connectivity index (χ1n) is 9.21. The summed E-state index contributed by atoms with van der Waals surface area (Å²) in [5.74, 6) is 0.868. The Balaban J connectivity index is 1.32. The molecule has 148 valence electrons. The third-order valence-electron chi connectivity index (χ3n) is 4.30. The number of nitrogens with zero attached hydrogens (tertiary/aromatic N) is 1. The molecule has 0 aliphatic rings. The van der Waals surface area contributed by atoms with Crippen LogP contribution in [0, 0.1) is 6.92 Å². The summed E-state index contributed by atoms with van der Waals surface area (Å²) in [5.41, 5.74) is 3.08. The maximum atomic E-state index is 12.7. The van der Waals surface area contributed by atoms with Gasteiger partial charge >= 0.3 is 0 Å². The minimum absolute atomic E-state index is 0.00896. The van der Waals surface area contributed by atoms with Crippen molar-refractivity contribution in [1.29, 1.82) is 0 Å². The van der Waals surface area contributed by atoms with Gasteiger partial charge in [0.15, 0.2) is 0 Å². The number of hydrogen-bond donors (Lipinski definition) is 1. The van der Waals surface area contributed by atoms with Crippen molar-refractivity contribution in [2.75, 3.05) is 6.54 Å². The number of aryl methyl sites for hydroxylation is 1. The zero-order valence-electron chi connectivity index (χ0n) is 15.9. The van der Waals surface area contributed by atoms with Gasteiger partial charge in [0, 0.05) is 27.5 Å². The Kier molecular flexibility index (Phi) is 6.82. The lowest BCUT2D eigenvalue weighted by atomic mass is 10.2. The second-order valence-electron chi connectivity index (χ2n) is 6.44. The van der Waals surface area contributed by atoms with Gasteiger partial charge in [0.05, 0.1) is 21.1 Å². The van der Waals surface area contributed by atoms with Crippen LogP contribution in [0.15, 0.2) is 63.5 Å². The van der Waals surface area contributed by atoms with Crippen molar-refractivity contribution in [2.45, 2.75) is 24.0 Å². The van der Waals surface area contributed by atoms with E-state index >= 15 is 0 Å². The van der Waals surface area contributed by atoms with Crippen LogP contribution in [-0.2, 0) is 12.2 Å². The van der Waals surface area contributed by atoms with Gasteiger partial charge in [0.25, 0.3) is 5.91 Å². The molecule has 4 aromatic rings. The van der Waals surface area contributed by atoms with Crippen molar-refractivity contribution >= 4 is 51.7 Å². The van der Waals surface area contributed by atoms with E-state index in [0.29, 0.717) is 6.54 Å². The fraction of sp³-hybridized carbons (Fsp3) is 0.182. The van der Waals surface area contributed by atoms with Gasteiger partial charge in [0.2, 0.25) is 0 Å². The standard InChI is InChI=1S/C22H20N2OS4/c1-15-24-19(14-27-15)21-7-6-17(29-21)8-10-23-22(25)18-4-2-3-5-20(18)28-13-16-9-11-26-12-16/h2-7,9,11-12,14H,8,10,13H2,1H3,(H,23,25). The van der Waals surface area contributed by atoms with E-state index in [0.717, 1.165) is 33.3 Å². The van der Waals surface area contributed by atoms with E-state index in [9.17, 15) is 4.79 Å². The summed E-state index contributed by atoms with van der Waals surface area (Å²) in [7, 11) is 0. The second-order valence-corrected chi connectivity index (χ2v) is 10.5. The summed E-state index contributed by atoms with van der Waals surface area (Å²) in [6, 6.07) is 14.2. The van der Waals surface area contributed by atoms with Crippen LogP contribution in [-0.4, -0.2) is 17.4 Å². The van der Waals surface area contributed by atoms with Crippen LogP contribution in [0.5, 0.6) is 0 Å². The average Bonchev–Trinajstić information content (AvgIpc) is 3.48. The number of amides is 1. The van der Waals surface area contributed by atoms with Crippen molar-refractivity contribution in [3.05, 3.63) is 79.6 Å². The lowest BCUT2D eigenvalue weighted by Crippen LogP contribution is -2.26. The molecule has 3 heterocycles. The molecular weight excluding hydrogens is 437 g/mol. The van der Waals surface area contributed by atoms with Crippen molar-refractivity contribution in [1.82, 2.24) is 10.3 Å². The molecule has 4 rings (SSSR count). The highest BCUT2D eigenvalue weighted by molar-refractivity contribution is 7.98. The van der Waals surface area contributed by atoms with E-state index in [-0.39, 0.29) is 5.91 Å². The van der Waals surface area contributed by atoms with Crippen LogP contribution in [0.25, 0.3) is 10.6 Å². The molecule has 0 spiro atoms. The van der Waals surface area contributed by atoms with Gasteiger partial charge in [0.1, 0.15) is 0 Å². The van der Waals surface area contributed by atoms with E-state index in [1.807, 2.05) is 31.2 Å². The number of aromatic nitrogens is 1. The minimum atomic E-state index is -0.00896. The van der Waals surface area contributed by atoms with E-state index < -0.39 is 0 Å². The molecular formula is C22H20N2OS4. The zero-order chi connectivity index (χ0) is 20.1. The molecule has 0 unspecified atom stereocenters. The van der Waals surface area contributed by atoms with Crippen LogP contribution >= 0.6 is 45.8 Å². The molecule has 0 saturated heterocycles. The van der Waals surface area contributed by atoms with Crippen molar-refractivity contribution in [2.24, 2.45) is 0 Å². The number of thiophene rings is 2. The largest absolute Gasteiger partial charge is 0.352 e. The maximum absolute atomic E-state index is 12.7. The topological polar surface area (TPSA) is 42.0 Å². The highest BCUT2D eigenvalue weighted by Crippen LogP contribution is 2.29. The first kappa shape index (κ1) is 20.3. The minimum Gasteiger partial charge on any atom is -0.352 e. The number of nitrogens with one attached hydrogen (secondary N) is 1. The Hall–Kier alpha value is -1.93. The zero-order valence-corrected chi connectivity index (χ0v) is 19.1. The normalized spacial score (nSPS) is 10.9. The molecule has 3 nitrogen and oxygen atoms in total. The van der Waals surface area contributed by atoms with Gasteiger partial charge < -0.3 is 5.32 Å². The molecule has 0 atom stereocenters. The number of thiazole rings is 1. The SMILES string of the molecule is Cc1nc(-c2ccc(CCNC(=O)c3ccccc3SCc3ccsc3)s2)cs1. The van der Waals surface area contributed by atoms with Crippen molar-refractivity contribution in [3.63, 3.8) is 0 Å². The molecule has 0 radical (unpaired) electrons. The Labute approximate surface area is 186 Å². The maximum Gasteiger partial charge on any atom is 0.252 e. The van der Waals surface area contributed by atoms with Gasteiger partial charge in [-0.2, -0.15) is 11.3 Å². The number of benzene rings is 1. The smallest absolute Gasteiger partial charge is 0.252 e. The molecule has 1 N–H and O–H groups in total. The highest BCUT2D eigenvalue weighted by Gasteiger charge is 2.12. The van der Waals surface area contributed by atoms with E-state index in [1.54, 1.807) is 45.8 Å². The molecule has 3 aromatic heterocycles. The Bertz CT molecular complexity index is 1080. The number of carbonyl (C=O) groups is 1. The first-order chi connectivity index (χ1) is 14.2. The number of thioether (sulfide) groups is 1. The predicted molar refractivity (Wildman–Crippen MR) is 127 cm³/mol. The van der Waals surface area contributed by atoms with Crippen molar-refractivity contribution in [3.8, 4) is 10.6 Å². The molecule has 7 heteroatoms. The second kappa shape index (κ2) is 9.71. The summed E-state index contributed by atoms with van der Waals surface area (Å²) in [5, 5.41) is 10.5. The molecule has 0 fully saturated rings. The molecule has 0 aliphatic carbocycles. The van der Waals surface area contributed by atoms with Crippen LogP contribution in [0.3, 0.4) is 0 Å². The summed E-state index contributed by atoms with van der Waals surface area (Å²) >= 11 is 6.82. The Morgan fingerprint density at radius 2 is 2.03 bits per heavy atom. The third-order valence-corrected chi connectivity index (χ3v) is 8.11. The van der Waals surface area contributed by atoms with Crippen LogP contribution in [0.1, 0.15) is 25.8 Å². The molecule has 29 heavy (non-hydrogen) atoms. The summed E-state index contributed by atoms with van der Waals surface area (Å²) in [6.45, 7) is 2.65. The molecule has 1 amide bonds. The molecule has 0 saturated carbocycles. The van der Waals surface area contributed by atoms with Gasteiger partial charge in [-0.05, 0) is 60.0 Å². The lowest BCUT2D eigenvalue weighted by Gasteiger charge is -2.09. The van der Waals surface area contributed by atoms with E-state index in [4.69, 9.17) is 0 Å². The summed E-state index contributed by atoms with van der Waals surface area (Å²) in [6.07, 6.45) is 0.823. The third kappa shape index (κ3) is 5.36. The van der Waals surface area contributed by atoms with Gasteiger partial charge in [-0.1, -0.05) is 12.1 Å². The fourth-order valence-electron chi connectivity index (χ4n) is 2.84. The van der Waals surface area contributed by atoms with E-state index in [2.05, 4.69) is 44.6 Å². The highest BCUT2D eigenvalue weighted by atomic mass is 32.2. The average molecular weight is 457 g/mol. The monoisotopic (exact) mass is 456 g/mol. The van der Waals surface area contributed by atoms with Crippen LogP contribution in [0.4, 0.5) is 0 Å².